The molecular weight excluding hydrogens is 438 g/mol. The van der Waals surface area contributed by atoms with Gasteiger partial charge in [-0.05, 0) is 66.6 Å². The van der Waals surface area contributed by atoms with Gasteiger partial charge in [-0.25, -0.2) is 0 Å². The van der Waals surface area contributed by atoms with Crippen molar-refractivity contribution in [3.8, 4) is 17.2 Å². The minimum atomic E-state index is -2.95. The maximum Gasteiger partial charge on any atom is 0.387 e. The molecule has 4 nitrogen and oxygen atoms in total. The van der Waals surface area contributed by atoms with Crippen molar-refractivity contribution in [1.82, 2.24) is 0 Å². The van der Waals surface area contributed by atoms with Crippen LogP contribution in [0.3, 0.4) is 0 Å². The first-order chi connectivity index (χ1) is 15.4. The Bertz CT molecular complexity index is 1130. The van der Waals surface area contributed by atoms with Crippen molar-refractivity contribution in [3.63, 3.8) is 0 Å². The van der Waals surface area contributed by atoms with Gasteiger partial charge in [0, 0.05) is 16.1 Å². The van der Waals surface area contributed by atoms with Gasteiger partial charge in [0.2, 0.25) is 0 Å². The van der Waals surface area contributed by atoms with E-state index in [0.29, 0.717) is 16.5 Å². The van der Waals surface area contributed by atoms with Crippen molar-refractivity contribution in [2.75, 3.05) is 7.11 Å². The number of carbonyl (C=O) groups excluding carboxylic acids is 1. The second-order valence-corrected chi connectivity index (χ2v) is 7.28. The number of rotatable bonds is 9. The Morgan fingerprint density at radius 3 is 2.59 bits per heavy atom. The smallest absolute Gasteiger partial charge is 0.387 e. The summed E-state index contributed by atoms with van der Waals surface area (Å²) in [5.41, 5.74) is 2.70. The molecule has 0 heterocycles. The first-order valence-electron chi connectivity index (χ1n) is 9.69. The molecule has 0 atom stereocenters. The lowest BCUT2D eigenvalue weighted by Gasteiger charge is -2.12. The molecule has 0 N–H and O–H groups in total. The van der Waals surface area contributed by atoms with E-state index in [1.807, 2.05) is 19.1 Å². The SMILES string of the molecule is COc1ccc(/C=C/C(=O)c2cccc(OC(F)F)c2)cc1COc1ccc(Cl)c(C)c1. The van der Waals surface area contributed by atoms with Crippen molar-refractivity contribution in [2.45, 2.75) is 20.1 Å². The Labute approximate surface area is 190 Å². The predicted molar refractivity (Wildman–Crippen MR) is 120 cm³/mol. The molecule has 3 aromatic rings. The molecule has 0 spiro atoms. The summed E-state index contributed by atoms with van der Waals surface area (Å²) in [7, 11) is 1.57. The summed E-state index contributed by atoms with van der Waals surface area (Å²) in [4.78, 5) is 12.4. The maximum absolute atomic E-state index is 12.4. The minimum Gasteiger partial charge on any atom is -0.496 e. The Morgan fingerprint density at radius 1 is 1.06 bits per heavy atom. The van der Waals surface area contributed by atoms with E-state index in [0.717, 1.165) is 16.7 Å². The zero-order valence-electron chi connectivity index (χ0n) is 17.5. The van der Waals surface area contributed by atoms with E-state index in [1.165, 1.54) is 30.3 Å². The fraction of sp³-hybridized carbons (Fsp3) is 0.160. The van der Waals surface area contributed by atoms with E-state index in [2.05, 4.69) is 4.74 Å². The van der Waals surface area contributed by atoms with Crippen molar-refractivity contribution in [2.24, 2.45) is 0 Å². The first kappa shape index (κ1) is 23.3. The molecule has 0 saturated carbocycles. The highest BCUT2D eigenvalue weighted by atomic mass is 35.5. The van der Waals surface area contributed by atoms with Crippen LogP contribution in [-0.4, -0.2) is 19.5 Å². The number of halogens is 3. The fourth-order valence-electron chi connectivity index (χ4n) is 2.98. The molecule has 0 bridgehead atoms. The Morgan fingerprint density at radius 2 is 1.88 bits per heavy atom. The number of methoxy groups -OCH3 is 1. The summed E-state index contributed by atoms with van der Waals surface area (Å²) in [6.07, 6.45) is 3.01. The second kappa shape index (κ2) is 10.8. The summed E-state index contributed by atoms with van der Waals surface area (Å²) in [5.74, 6) is 0.919. The third kappa shape index (κ3) is 6.31. The molecule has 3 aromatic carbocycles. The molecule has 0 unspecified atom stereocenters. The van der Waals surface area contributed by atoms with Crippen LogP contribution in [0.5, 0.6) is 17.2 Å². The molecule has 0 aliphatic heterocycles. The van der Waals surface area contributed by atoms with E-state index < -0.39 is 6.61 Å². The molecule has 3 rings (SSSR count). The van der Waals surface area contributed by atoms with Crippen molar-refractivity contribution >= 4 is 23.5 Å². The lowest BCUT2D eigenvalue weighted by molar-refractivity contribution is -0.0498. The monoisotopic (exact) mass is 458 g/mol. The van der Waals surface area contributed by atoms with Gasteiger partial charge in [0.1, 0.15) is 23.9 Å². The molecule has 0 aliphatic rings. The summed E-state index contributed by atoms with van der Waals surface area (Å²) in [6, 6.07) is 16.5. The van der Waals surface area contributed by atoms with Crippen molar-refractivity contribution in [1.29, 1.82) is 0 Å². The quantitative estimate of drug-likeness (QED) is 0.263. The average Bonchev–Trinajstić information content (AvgIpc) is 2.78. The summed E-state index contributed by atoms with van der Waals surface area (Å²) in [5, 5.41) is 0.665. The number of hydrogen-bond acceptors (Lipinski definition) is 4. The molecule has 32 heavy (non-hydrogen) atoms. The van der Waals surface area contributed by atoms with Gasteiger partial charge in [0.05, 0.1) is 7.11 Å². The molecule has 0 saturated heterocycles. The minimum absolute atomic E-state index is 0.0689. The van der Waals surface area contributed by atoms with E-state index in [1.54, 1.807) is 37.5 Å². The number of hydrogen-bond donors (Lipinski definition) is 0. The van der Waals surface area contributed by atoms with Gasteiger partial charge in [0.25, 0.3) is 0 Å². The highest BCUT2D eigenvalue weighted by molar-refractivity contribution is 6.31. The molecule has 166 valence electrons. The lowest BCUT2D eigenvalue weighted by Crippen LogP contribution is -2.03. The summed E-state index contributed by atoms with van der Waals surface area (Å²) < 4.78 is 40.4. The highest BCUT2D eigenvalue weighted by Crippen LogP contribution is 2.25. The molecule has 0 fully saturated rings. The van der Waals surface area contributed by atoms with Crippen LogP contribution in [-0.2, 0) is 6.61 Å². The highest BCUT2D eigenvalue weighted by Gasteiger charge is 2.09. The van der Waals surface area contributed by atoms with Crippen LogP contribution >= 0.6 is 11.6 Å². The summed E-state index contributed by atoms with van der Waals surface area (Å²) in [6.45, 7) is -0.798. The molecule has 0 aromatic heterocycles. The third-order valence-corrected chi connectivity index (χ3v) is 5.02. The normalized spacial score (nSPS) is 11.1. The molecule has 0 amide bonds. The number of alkyl halides is 2. The summed E-state index contributed by atoms with van der Waals surface area (Å²) >= 11 is 6.05. The average molecular weight is 459 g/mol. The van der Waals surface area contributed by atoms with Gasteiger partial charge in [-0.3, -0.25) is 4.79 Å². The Kier molecular flexibility index (Phi) is 7.84. The van der Waals surface area contributed by atoms with Gasteiger partial charge in [-0.2, -0.15) is 8.78 Å². The van der Waals surface area contributed by atoms with Crippen molar-refractivity contribution < 1.29 is 27.8 Å². The van der Waals surface area contributed by atoms with E-state index in [4.69, 9.17) is 21.1 Å². The standard InChI is InChI=1S/C25H21ClF2O4/c1-16-12-20(8-9-22(16)26)31-15-19-13-17(7-11-24(19)30-2)6-10-23(29)18-4-3-5-21(14-18)32-25(27)28/h3-14,25H,15H2,1-2H3/b10-6+. The number of carbonyl (C=O) groups is 1. The van der Waals surface area contributed by atoms with Crippen molar-refractivity contribution in [3.05, 3.63) is 94.0 Å². The predicted octanol–water partition coefficient (Wildman–Crippen LogP) is 6.73. The number of ketones is 1. The molecule has 0 radical (unpaired) electrons. The second-order valence-electron chi connectivity index (χ2n) is 6.87. The van der Waals surface area contributed by atoms with Crippen LogP contribution in [0.1, 0.15) is 27.0 Å². The molecule has 0 aliphatic carbocycles. The van der Waals surface area contributed by atoms with Gasteiger partial charge < -0.3 is 14.2 Å². The Hall–Kier alpha value is -3.38. The van der Waals surface area contributed by atoms with Crippen LogP contribution in [0.15, 0.2) is 66.7 Å². The first-order valence-corrected chi connectivity index (χ1v) is 10.1. The zero-order valence-corrected chi connectivity index (χ0v) is 18.2. The van der Waals surface area contributed by atoms with Crippen LogP contribution in [0.2, 0.25) is 5.02 Å². The van der Waals surface area contributed by atoms with Gasteiger partial charge in [0.15, 0.2) is 5.78 Å². The van der Waals surface area contributed by atoms with E-state index in [-0.39, 0.29) is 23.7 Å². The van der Waals surface area contributed by atoms with Crippen LogP contribution in [0.4, 0.5) is 8.78 Å². The number of allylic oxidation sites excluding steroid dienone is 1. The fourth-order valence-corrected chi connectivity index (χ4v) is 3.09. The number of aryl methyl sites for hydroxylation is 1. The lowest BCUT2D eigenvalue weighted by atomic mass is 10.1. The molecule has 7 heteroatoms. The van der Waals surface area contributed by atoms with Crippen LogP contribution in [0, 0.1) is 6.92 Å². The van der Waals surface area contributed by atoms with E-state index >= 15 is 0 Å². The molecular formula is C25H21ClF2O4. The zero-order chi connectivity index (χ0) is 23.1. The maximum atomic E-state index is 12.4. The Balaban J connectivity index is 1.73. The largest absolute Gasteiger partial charge is 0.496 e. The van der Waals surface area contributed by atoms with Gasteiger partial charge in [-0.15, -0.1) is 0 Å². The topological polar surface area (TPSA) is 44.8 Å². The van der Waals surface area contributed by atoms with Gasteiger partial charge in [-0.1, -0.05) is 35.9 Å². The van der Waals surface area contributed by atoms with Crippen LogP contribution in [0.25, 0.3) is 6.08 Å². The van der Waals surface area contributed by atoms with Crippen LogP contribution < -0.4 is 14.2 Å². The number of benzene rings is 3. The number of ether oxygens (including phenoxy) is 3. The third-order valence-electron chi connectivity index (χ3n) is 4.60. The van der Waals surface area contributed by atoms with Gasteiger partial charge >= 0.3 is 6.61 Å². The van der Waals surface area contributed by atoms with E-state index in [9.17, 15) is 13.6 Å².